The summed E-state index contributed by atoms with van der Waals surface area (Å²) in [5.41, 5.74) is 7.04. The zero-order valence-electron chi connectivity index (χ0n) is 9.40. The van der Waals surface area contributed by atoms with Crippen LogP contribution in [0.25, 0.3) is 0 Å². The van der Waals surface area contributed by atoms with Crippen molar-refractivity contribution < 1.29 is 0 Å². The lowest BCUT2D eigenvalue weighted by atomic mass is 9.90. The minimum Gasteiger partial charge on any atom is -0.356 e. The summed E-state index contributed by atoms with van der Waals surface area (Å²) in [6.45, 7) is 7.02. The number of rotatable bonds is 2. The summed E-state index contributed by atoms with van der Waals surface area (Å²) in [5.74, 6) is 1.03. The number of hydrogen-bond donors (Lipinski definition) is 1. The maximum Gasteiger partial charge on any atom is 0.132 e. The van der Waals surface area contributed by atoms with Crippen molar-refractivity contribution in [3.63, 3.8) is 0 Å². The molecule has 0 bridgehead atoms. The number of nitrogens with zero attached hydrogens (tertiary/aromatic N) is 3. The molecular formula is C11H18N4. The van der Waals surface area contributed by atoms with E-state index in [1.165, 1.54) is 0 Å². The molecule has 1 fully saturated rings. The van der Waals surface area contributed by atoms with Gasteiger partial charge in [-0.25, -0.2) is 9.97 Å². The third-order valence-electron chi connectivity index (χ3n) is 3.16. The maximum absolute atomic E-state index is 5.78. The van der Waals surface area contributed by atoms with Crippen molar-refractivity contribution in [2.24, 2.45) is 11.1 Å². The molecule has 1 aliphatic rings. The number of hydrogen-bond acceptors (Lipinski definition) is 4. The second kappa shape index (κ2) is 3.77. The normalized spacial score (nSPS) is 25.9. The van der Waals surface area contributed by atoms with Crippen LogP contribution in [0.2, 0.25) is 0 Å². The summed E-state index contributed by atoms with van der Waals surface area (Å²) >= 11 is 0. The van der Waals surface area contributed by atoms with E-state index in [1.54, 1.807) is 6.33 Å². The first kappa shape index (κ1) is 10.4. The molecule has 0 aliphatic carbocycles. The Morgan fingerprint density at radius 2 is 2.33 bits per heavy atom. The van der Waals surface area contributed by atoms with Crippen LogP contribution in [0, 0.1) is 12.3 Å². The van der Waals surface area contributed by atoms with Crippen molar-refractivity contribution >= 4 is 5.82 Å². The monoisotopic (exact) mass is 206 g/mol. The molecule has 1 atom stereocenters. The maximum atomic E-state index is 5.78. The largest absolute Gasteiger partial charge is 0.356 e. The van der Waals surface area contributed by atoms with Gasteiger partial charge in [-0.2, -0.15) is 0 Å². The molecule has 0 radical (unpaired) electrons. The molecule has 2 N–H and O–H groups in total. The van der Waals surface area contributed by atoms with Crippen molar-refractivity contribution in [3.8, 4) is 0 Å². The lowest BCUT2D eigenvalue weighted by Crippen LogP contribution is -2.31. The summed E-state index contributed by atoms with van der Waals surface area (Å²) < 4.78 is 0. The Hall–Kier alpha value is -1.16. The van der Waals surface area contributed by atoms with E-state index in [4.69, 9.17) is 5.73 Å². The van der Waals surface area contributed by atoms with Crippen LogP contribution < -0.4 is 10.6 Å². The summed E-state index contributed by atoms with van der Waals surface area (Å²) in [4.78, 5) is 10.7. The van der Waals surface area contributed by atoms with Gasteiger partial charge in [0.15, 0.2) is 0 Å². The average molecular weight is 206 g/mol. The molecular weight excluding hydrogens is 188 g/mol. The number of anilines is 1. The Kier molecular flexibility index (Phi) is 2.61. The van der Waals surface area contributed by atoms with E-state index in [-0.39, 0.29) is 5.41 Å². The predicted octanol–water partition coefficient (Wildman–Crippen LogP) is 0.960. The van der Waals surface area contributed by atoms with E-state index >= 15 is 0 Å². The van der Waals surface area contributed by atoms with Crippen molar-refractivity contribution in [2.75, 3.05) is 24.5 Å². The third-order valence-corrected chi connectivity index (χ3v) is 3.16. The molecule has 1 aromatic rings. The van der Waals surface area contributed by atoms with Gasteiger partial charge in [0.2, 0.25) is 0 Å². The van der Waals surface area contributed by atoms with E-state index < -0.39 is 0 Å². The topological polar surface area (TPSA) is 55.0 Å². The quantitative estimate of drug-likeness (QED) is 0.783. The lowest BCUT2D eigenvalue weighted by Gasteiger charge is -2.23. The third kappa shape index (κ3) is 2.09. The second-order valence-electron chi connectivity index (χ2n) is 4.70. The molecule has 2 heterocycles. The van der Waals surface area contributed by atoms with Crippen molar-refractivity contribution in [1.29, 1.82) is 0 Å². The van der Waals surface area contributed by atoms with Crippen LogP contribution in [0.1, 0.15) is 19.0 Å². The fraction of sp³-hybridized carbons (Fsp3) is 0.636. The zero-order valence-corrected chi connectivity index (χ0v) is 9.40. The molecule has 0 saturated carbocycles. The molecule has 4 heteroatoms. The first-order valence-corrected chi connectivity index (χ1v) is 5.37. The molecule has 1 aromatic heterocycles. The SMILES string of the molecule is Cc1cc(N2CCC(C)(CN)C2)ncn1. The number of nitrogens with two attached hydrogens (primary N) is 1. The predicted molar refractivity (Wildman–Crippen MR) is 60.8 cm³/mol. The van der Waals surface area contributed by atoms with Gasteiger partial charge in [0.05, 0.1) is 0 Å². The van der Waals surface area contributed by atoms with Crippen LogP contribution in [0.15, 0.2) is 12.4 Å². The first-order chi connectivity index (χ1) is 7.13. The van der Waals surface area contributed by atoms with Gasteiger partial charge in [0, 0.05) is 24.8 Å². The van der Waals surface area contributed by atoms with Crippen LogP contribution in [-0.4, -0.2) is 29.6 Å². The van der Waals surface area contributed by atoms with Gasteiger partial charge in [-0.15, -0.1) is 0 Å². The van der Waals surface area contributed by atoms with Gasteiger partial charge in [-0.1, -0.05) is 6.92 Å². The number of aromatic nitrogens is 2. The highest BCUT2D eigenvalue weighted by molar-refractivity contribution is 5.40. The molecule has 82 valence electrons. The highest BCUT2D eigenvalue weighted by Gasteiger charge is 2.32. The summed E-state index contributed by atoms with van der Waals surface area (Å²) in [6, 6.07) is 2.03. The highest BCUT2D eigenvalue weighted by Crippen LogP contribution is 2.31. The average Bonchev–Trinajstić information content (AvgIpc) is 2.62. The van der Waals surface area contributed by atoms with Crippen molar-refractivity contribution in [1.82, 2.24) is 9.97 Å². The van der Waals surface area contributed by atoms with E-state index in [1.807, 2.05) is 13.0 Å². The van der Waals surface area contributed by atoms with Gasteiger partial charge in [-0.05, 0) is 25.3 Å². The minimum atomic E-state index is 0.249. The van der Waals surface area contributed by atoms with Gasteiger partial charge < -0.3 is 10.6 Å². The van der Waals surface area contributed by atoms with Crippen LogP contribution in [0.4, 0.5) is 5.82 Å². The Labute approximate surface area is 90.5 Å². The van der Waals surface area contributed by atoms with Crippen LogP contribution >= 0.6 is 0 Å². The second-order valence-corrected chi connectivity index (χ2v) is 4.70. The molecule has 15 heavy (non-hydrogen) atoms. The number of aryl methyl sites for hydroxylation is 1. The molecule has 2 rings (SSSR count). The molecule has 1 unspecified atom stereocenters. The van der Waals surface area contributed by atoms with E-state index in [2.05, 4.69) is 21.8 Å². The standard InChI is InChI=1S/C11H18N4/c1-9-5-10(14-8-13-9)15-4-3-11(2,6-12)7-15/h5,8H,3-4,6-7,12H2,1-2H3. The van der Waals surface area contributed by atoms with Crippen molar-refractivity contribution in [2.45, 2.75) is 20.3 Å². The Bertz CT molecular complexity index is 352. The van der Waals surface area contributed by atoms with Gasteiger partial charge in [-0.3, -0.25) is 0 Å². The fourth-order valence-corrected chi connectivity index (χ4v) is 2.00. The lowest BCUT2D eigenvalue weighted by molar-refractivity contribution is 0.383. The Morgan fingerprint density at radius 1 is 1.53 bits per heavy atom. The molecule has 0 aromatic carbocycles. The van der Waals surface area contributed by atoms with Gasteiger partial charge >= 0.3 is 0 Å². The Morgan fingerprint density at radius 3 is 2.93 bits per heavy atom. The minimum absolute atomic E-state index is 0.249. The first-order valence-electron chi connectivity index (χ1n) is 5.37. The van der Waals surface area contributed by atoms with E-state index in [0.29, 0.717) is 0 Å². The highest BCUT2D eigenvalue weighted by atomic mass is 15.2. The zero-order chi connectivity index (χ0) is 10.9. The fourth-order valence-electron chi connectivity index (χ4n) is 2.00. The molecule has 1 saturated heterocycles. The Balaban J connectivity index is 2.14. The van der Waals surface area contributed by atoms with Gasteiger partial charge in [0.1, 0.15) is 12.1 Å². The van der Waals surface area contributed by atoms with Crippen LogP contribution in [0.3, 0.4) is 0 Å². The molecule has 1 aliphatic heterocycles. The van der Waals surface area contributed by atoms with Crippen LogP contribution in [0.5, 0.6) is 0 Å². The van der Waals surface area contributed by atoms with E-state index in [9.17, 15) is 0 Å². The summed E-state index contributed by atoms with van der Waals surface area (Å²) in [6.07, 6.45) is 2.77. The van der Waals surface area contributed by atoms with Crippen LogP contribution in [-0.2, 0) is 0 Å². The van der Waals surface area contributed by atoms with Crippen molar-refractivity contribution in [3.05, 3.63) is 18.1 Å². The summed E-state index contributed by atoms with van der Waals surface area (Å²) in [5, 5.41) is 0. The van der Waals surface area contributed by atoms with Gasteiger partial charge in [0.25, 0.3) is 0 Å². The molecule has 0 spiro atoms. The van der Waals surface area contributed by atoms with E-state index in [0.717, 1.165) is 37.6 Å². The molecule has 4 nitrogen and oxygen atoms in total. The smallest absolute Gasteiger partial charge is 0.132 e. The summed E-state index contributed by atoms with van der Waals surface area (Å²) in [7, 11) is 0. The molecule has 0 amide bonds.